The molecule has 1 fully saturated rings. The maximum absolute atomic E-state index is 9.26. The number of rotatable bonds is 6. The maximum atomic E-state index is 9.26. The molecule has 0 aliphatic carbocycles. The third kappa shape index (κ3) is 3.27. The predicted octanol–water partition coefficient (Wildman–Crippen LogP) is 1.09. The smallest absolute Gasteiger partial charge is 0.119 e. The number of hydrogen-bond donors (Lipinski definition) is 2. The van der Waals surface area contributed by atoms with Gasteiger partial charge in [-0.2, -0.15) is 0 Å². The highest BCUT2D eigenvalue weighted by atomic mass is 16.5. The van der Waals surface area contributed by atoms with E-state index in [1.165, 1.54) is 16.5 Å². The molecular formula is C17H25N3O2. The highest BCUT2D eigenvalue weighted by Gasteiger charge is 2.13. The van der Waals surface area contributed by atoms with Crippen molar-refractivity contribution in [3.8, 4) is 5.75 Å². The molecule has 1 aliphatic heterocycles. The Morgan fingerprint density at radius 1 is 1.23 bits per heavy atom. The second kappa shape index (κ2) is 7.13. The molecule has 0 amide bonds. The standard InChI is InChI=1S/C17H25N3O2/c1-22-15-2-3-17-16(12-15)14(13-20(17)10-11-21)4-7-19-8-5-18-6-9-19/h2-3,12-13,18,21H,4-11H2,1H3. The van der Waals surface area contributed by atoms with Crippen LogP contribution in [0, 0.1) is 0 Å². The van der Waals surface area contributed by atoms with Gasteiger partial charge in [-0.1, -0.05) is 0 Å². The first kappa shape index (κ1) is 15.3. The van der Waals surface area contributed by atoms with Crippen LogP contribution in [0.25, 0.3) is 10.9 Å². The van der Waals surface area contributed by atoms with Crippen molar-refractivity contribution in [1.29, 1.82) is 0 Å². The zero-order chi connectivity index (χ0) is 15.4. The van der Waals surface area contributed by atoms with Gasteiger partial charge >= 0.3 is 0 Å². The molecule has 2 N–H and O–H groups in total. The number of aliphatic hydroxyl groups excluding tert-OH is 1. The van der Waals surface area contributed by atoms with E-state index in [0.29, 0.717) is 6.54 Å². The van der Waals surface area contributed by atoms with Crippen molar-refractivity contribution in [1.82, 2.24) is 14.8 Å². The number of hydrogen-bond acceptors (Lipinski definition) is 4. The van der Waals surface area contributed by atoms with E-state index in [9.17, 15) is 5.11 Å². The summed E-state index contributed by atoms with van der Waals surface area (Å²) >= 11 is 0. The van der Waals surface area contributed by atoms with Crippen LogP contribution < -0.4 is 10.1 Å². The molecule has 0 saturated carbocycles. The summed E-state index contributed by atoms with van der Waals surface area (Å²) in [5, 5.41) is 13.9. The molecule has 1 saturated heterocycles. The molecule has 1 aromatic carbocycles. The highest BCUT2D eigenvalue weighted by Crippen LogP contribution is 2.26. The lowest BCUT2D eigenvalue weighted by molar-refractivity contribution is 0.244. The summed E-state index contributed by atoms with van der Waals surface area (Å²) in [7, 11) is 1.70. The molecule has 120 valence electrons. The number of methoxy groups -OCH3 is 1. The van der Waals surface area contributed by atoms with E-state index >= 15 is 0 Å². The molecule has 3 rings (SSSR count). The molecule has 1 aliphatic rings. The van der Waals surface area contributed by atoms with Crippen LogP contribution in [-0.2, 0) is 13.0 Å². The number of aliphatic hydroxyl groups is 1. The molecule has 0 unspecified atom stereocenters. The number of fused-ring (bicyclic) bond motifs is 1. The zero-order valence-electron chi connectivity index (χ0n) is 13.2. The van der Waals surface area contributed by atoms with Crippen LogP contribution in [-0.4, -0.2) is 61.0 Å². The zero-order valence-corrected chi connectivity index (χ0v) is 13.2. The van der Waals surface area contributed by atoms with Gasteiger partial charge in [0.05, 0.1) is 13.7 Å². The summed E-state index contributed by atoms with van der Waals surface area (Å²) in [6, 6.07) is 6.17. The van der Waals surface area contributed by atoms with Gasteiger partial charge in [0.25, 0.3) is 0 Å². The molecule has 0 bridgehead atoms. The van der Waals surface area contributed by atoms with Crippen LogP contribution in [0.1, 0.15) is 5.56 Å². The largest absolute Gasteiger partial charge is 0.497 e. The molecular weight excluding hydrogens is 278 g/mol. The Hall–Kier alpha value is -1.56. The minimum absolute atomic E-state index is 0.160. The molecule has 2 aromatic rings. The topological polar surface area (TPSA) is 49.7 Å². The SMILES string of the molecule is COc1ccc2c(c1)c(CCN1CCNCC1)cn2CCO. The van der Waals surface area contributed by atoms with E-state index in [4.69, 9.17) is 4.74 Å². The van der Waals surface area contributed by atoms with Gasteiger partial charge in [0.2, 0.25) is 0 Å². The first-order chi connectivity index (χ1) is 10.8. The number of benzene rings is 1. The van der Waals surface area contributed by atoms with Gasteiger partial charge in [0.1, 0.15) is 5.75 Å². The molecule has 0 atom stereocenters. The molecule has 2 heterocycles. The Morgan fingerprint density at radius 2 is 2.05 bits per heavy atom. The lowest BCUT2D eigenvalue weighted by atomic mass is 10.1. The monoisotopic (exact) mass is 303 g/mol. The van der Waals surface area contributed by atoms with Crippen molar-refractivity contribution in [2.24, 2.45) is 0 Å². The van der Waals surface area contributed by atoms with Crippen LogP contribution in [0.15, 0.2) is 24.4 Å². The summed E-state index contributed by atoms with van der Waals surface area (Å²) in [4.78, 5) is 2.51. The fourth-order valence-corrected chi connectivity index (χ4v) is 3.18. The van der Waals surface area contributed by atoms with Crippen molar-refractivity contribution in [2.45, 2.75) is 13.0 Å². The molecule has 0 radical (unpaired) electrons. The van der Waals surface area contributed by atoms with Crippen molar-refractivity contribution in [3.05, 3.63) is 30.0 Å². The lowest BCUT2D eigenvalue weighted by Crippen LogP contribution is -2.44. The molecule has 0 spiro atoms. The van der Waals surface area contributed by atoms with E-state index in [-0.39, 0.29) is 6.61 Å². The molecule has 22 heavy (non-hydrogen) atoms. The van der Waals surface area contributed by atoms with Crippen LogP contribution in [0.5, 0.6) is 5.75 Å². The normalized spacial score (nSPS) is 16.3. The van der Waals surface area contributed by atoms with E-state index < -0.39 is 0 Å². The van der Waals surface area contributed by atoms with E-state index in [2.05, 4.69) is 33.1 Å². The maximum Gasteiger partial charge on any atom is 0.119 e. The quantitative estimate of drug-likeness (QED) is 0.839. The van der Waals surface area contributed by atoms with Gasteiger partial charge in [-0.05, 0) is 30.2 Å². The summed E-state index contributed by atoms with van der Waals surface area (Å²) in [6.45, 7) is 6.29. The van der Waals surface area contributed by atoms with Crippen LogP contribution in [0.3, 0.4) is 0 Å². The summed E-state index contributed by atoms with van der Waals surface area (Å²) in [5.41, 5.74) is 2.51. The first-order valence-corrected chi connectivity index (χ1v) is 8.01. The number of aromatic nitrogens is 1. The van der Waals surface area contributed by atoms with Gasteiger partial charge in [0.15, 0.2) is 0 Å². The van der Waals surface area contributed by atoms with Gasteiger partial charge in [0, 0.05) is 56.4 Å². The van der Waals surface area contributed by atoms with Crippen molar-refractivity contribution in [3.63, 3.8) is 0 Å². The number of nitrogens with zero attached hydrogens (tertiary/aromatic N) is 2. The van der Waals surface area contributed by atoms with E-state index in [1.54, 1.807) is 7.11 Å². The summed E-state index contributed by atoms with van der Waals surface area (Å²) < 4.78 is 7.50. The van der Waals surface area contributed by atoms with Crippen LogP contribution in [0.4, 0.5) is 0 Å². The number of ether oxygens (including phenoxy) is 1. The number of nitrogens with one attached hydrogen (secondary N) is 1. The lowest BCUT2D eigenvalue weighted by Gasteiger charge is -2.26. The average Bonchev–Trinajstić information content (AvgIpc) is 2.91. The minimum Gasteiger partial charge on any atom is -0.497 e. The van der Waals surface area contributed by atoms with Gasteiger partial charge in [-0.25, -0.2) is 0 Å². The highest BCUT2D eigenvalue weighted by molar-refractivity contribution is 5.85. The molecule has 5 nitrogen and oxygen atoms in total. The van der Waals surface area contributed by atoms with Gasteiger partial charge < -0.3 is 24.6 Å². The molecule has 1 aromatic heterocycles. The summed E-state index contributed by atoms with van der Waals surface area (Å²) in [5.74, 6) is 0.887. The predicted molar refractivity (Wildman–Crippen MR) is 88.6 cm³/mol. The fourth-order valence-electron chi connectivity index (χ4n) is 3.18. The Kier molecular flexibility index (Phi) is 4.97. The third-order valence-electron chi connectivity index (χ3n) is 4.42. The first-order valence-electron chi connectivity index (χ1n) is 8.01. The van der Waals surface area contributed by atoms with Crippen molar-refractivity contribution < 1.29 is 9.84 Å². The Bertz CT molecular complexity index is 618. The second-order valence-electron chi connectivity index (χ2n) is 5.80. The van der Waals surface area contributed by atoms with Crippen molar-refractivity contribution in [2.75, 3.05) is 46.4 Å². The molecule has 5 heteroatoms. The Balaban J connectivity index is 1.83. The minimum atomic E-state index is 0.160. The summed E-state index contributed by atoms with van der Waals surface area (Å²) in [6.07, 6.45) is 3.21. The average molecular weight is 303 g/mol. The Morgan fingerprint density at radius 3 is 2.77 bits per heavy atom. The fraction of sp³-hybridized carbons (Fsp3) is 0.529. The Labute approximate surface area is 131 Å². The van der Waals surface area contributed by atoms with Gasteiger partial charge in [-0.3, -0.25) is 0 Å². The van der Waals surface area contributed by atoms with Crippen LogP contribution >= 0.6 is 0 Å². The van der Waals surface area contributed by atoms with E-state index in [1.807, 2.05) is 6.07 Å². The van der Waals surface area contributed by atoms with E-state index in [0.717, 1.165) is 44.9 Å². The third-order valence-corrected chi connectivity index (χ3v) is 4.42. The van der Waals surface area contributed by atoms with Crippen molar-refractivity contribution >= 4 is 10.9 Å². The van der Waals surface area contributed by atoms with Gasteiger partial charge in [-0.15, -0.1) is 0 Å². The van der Waals surface area contributed by atoms with Crippen LogP contribution in [0.2, 0.25) is 0 Å². The number of piperazine rings is 1. The second-order valence-corrected chi connectivity index (χ2v) is 5.80.